The van der Waals surface area contributed by atoms with Gasteiger partial charge < -0.3 is 4.90 Å². The first-order valence-corrected chi connectivity index (χ1v) is 7.28. The van der Waals surface area contributed by atoms with Gasteiger partial charge in [0.2, 0.25) is 0 Å². The minimum Gasteiger partial charge on any atom is -0.365 e. The minimum absolute atomic E-state index is 0.160. The summed E-state index contributed by atoms with van der Waals surface area (Å²) in [5.74, 6) is -0.160. The number of hydrogen-bond donors (Lipinski definition) is 1. The highest BCUT2D eigenvalue weighted by atomic mass is 79.9. The van der Waals surface area contributed by atoms with E-state index in [2.05, 4.69) is 26.5 Å². The zero-order valence-corrected chi connectivity index (χ0v) is 13.2. The standard InChI is InChI=1S/C16H16BrN3O/c1-20(15-8-3-2-4-9-15)12-16(21)19-18-11-13-6-5-7-14(17)10-13/h2-11H,12H2,1H3,(H,19,21)/b18-11-. The van der Waals surface area contributed by atoms with Gasteiger partial charge >= 0.3 is 0 Å². The molecule has 21 heavy (non-hydrogen) atoms. The van der Waals surface area contributed by atoms with E-state index < -0.39 is 0 Å². The number of anilines is 1. The molecule has 1 N–H and O–H groups in total. The Bertz CT molecular complexity index is 628. The first-order valence-electron chi connectivity index (χ1n) is 6.49. The van der Waals surface area contributed by atoms with Gasteiger partial charge in [0, 0.05) is 17.2 Å². The van der Waals surface area contributed by atoms with Crippen LogP contribution in [-0.2, 0) is 4.79 Å². The number of benzene rings is 2. The molecule has 0 aliphatic rings. The summed E-state index contributed by atoms with van der Waals surface area (Å²) in [5.41, 5.74) is 4.43. The van der Waals surface area contributed by atoms with Crippen molar-refractivity contribution < 1.29 is 4.79 Å². The molecule has 0 saturated carbocycles. The number of rotatable bonds is 5. The third-order valence-electron chi connectivity index (χ3n) is 2.83. The van der Waals surface area contributed by atoms with Crippen LogP contribution in [0.4, 0.5) is 5.69 Å². The van der Waals surface area contributed by atoms with E-state index in [1.165, 1.54) is 0 Å². The smallest absolute Gasteiger partial charge is 0.259 e. The van der Waals surface area contributed by atoms with Gasteiger partial charge in [-0.05, 0) is 29.8 Å². The number of carbonyl (C=O) groups is 1. The quantitative estimate of drug-likeness (QED) is 0.668. The predicted octanol–water partition coefficient (Wildman–Crippen LogP) is 3.04. The lowest BCUT2D eigenvalue weighted by atomic mass is 10.2. The maximum absolute atomic E-state index is 11.8. The number of hydrazone groups is 1. The van der Waals surface area contributed by atoms with Crippen LogP contribution in [0.3, 0.4) is 0 Å². The molecule has 108 valence electrons. The fourth-order valence-corrected chi connectivity index (χ4v) is 2.21. The number of halogens is 1. The van der Waals surface area contributed by atoms with Crippen molar-refractivity contribution in [2.45, 2.75) is 0 Å². The van der Waals surface area contributed by atoms with Crippen molar-refractivity contribution in [1.29, 1.82) is 0 Å². The first-order chi connectivity index (χ1) is 10.1. The van der Waals surface area contributed by atoms with Gasteiger partial charge in [0.1, 0.15) is 0 Å². The molecular weight excluding hydrogens is 330 g/mol. The van der Waals surface area contributed by atoms with Crippen LogP contribution < -0.4 is 10.3 Å². The molecule has 5 heteroatoms. The van der Waals surface area contributed by atoms with Gasteiger partial charge in [0.25, 0.3) is 5.91 Å². The Kier molecular flexibility index (Phi) is 5.51. The van der Waals surface area contributed by atoms with E-state index in [0.717, 1.165) is 15.7 Å². The average Bonchev–Trinajstić information content (AvgIpc) is 2.48. The number of para-hydroxylation sites is 1. The molecule has 2 aromatic carbocycles. The summed E-state index contributed by atoms with van der Waals surface area (Å²) < 4.78 is 0.974. The van der Waals surface area contributed by atoms with Crippen LogP contribution in [0.5, 0.6) is 0 Å². The molecule has 1 amide bonds. The summed E-state index contributed by atoms with van der Waals surface area (Å²) in [5, 5.41) is 3.96. The summed E-state index contributed by atoms with van der Waals surface area (Å²) in [6.07, 6.45) is 1.62. The molecule has 0 atom stereocenters. The predicted molar refractivity (Wildman–Crippen MR) is 89.6 cm³/mol. The molecule has 0 spiro atoms. The molecule has 0 radical (unpaired) electrons. The first kappa shape index (κ1) is 15.3. The van der Waals surface area contributed by atoms with Crippen molar-refractivity contribution in [3.63, 3.8) is 0 Å². The molecule has 2 rings (SSSR count). The van der Waals surface area contributed by atoms with Gasteiger partial charge in [-0.2, -0.15) is 5.10 Å². The molecular formula is C16H16BrN3O. The molecule has 0 unspecified atom stereocenters. The highest BCUT2D eigenvalue weighted by Gasteiger charge is 2.05. The van der Waals surface area contributed by atoms with Gasteiger partial charge in [-0.3, -0.25) is 4.79 Å². The maximum Gasteiger partial charge on any atom is 0.259 e. The number of amides is 1. The van der Waals surface area contributed by atoms with Crippen LogP contribution in [-0.4, -0.2) is 25.7 Å². The monoisotopic (exact) mass is 345 g/mol. The van der Waals surface area contributed by atoms with Crippen molar-refractivity contribution in [2.24, 2.45) is 5.10 Å². The molecule has 0 saturated heterocycles. The second-order valence-electron chi connectivity index (χ2n) is 4.54. The molecule has 0 aromatic heterocycles. The van der Waals surface area contributed by atoms with E-state index in [1.54, 1.807) is 6.21 Å². The maximum atomic E-state index is 11.8. The number of nitrogens with one attached hydrogen (secondary N) is 1. The summed E-state index contributed by atoms with van der Waals surface area (Å²) in [6.45, 7) is 0.250. The molecule has 0 bridgehead atoms. The number of carbonyl (C=O) groups excluding carboxylic acids is 1. The highest BCUT2D eigenvalue weighted by Crippen LogP contribution is 2.10. The SMILES string of the molecule is CN(CC(=O)N/N=C\c1cccc(Br)c1)c1ccccc1. The van der Waals surface area contributed by atoms with Crippen LogP contribution >= 0.6 is 15.9 Å². The van der Waals surface area contributed by atoms with E-state index in [-0.39, 0.29) is 12.5 Å². The topological polar surface area (TPSA) is 44.7 Å². The summed E-state index contributed by atoms with van der Waals surface area (Å²) in [7, 11) is 1.87. The zero-order chi connectivity index (χ0) is 15.1. The largest absolute Gasteiger partial charge is 0.365 e. The Morgan fingerprint density at radius 2 is 2.00 bits per heavy atom. The van der Waals surface area contributed by atoms with E-state index in [1.807, 2.05) is 66.5 Å². The Morgan fingerprint density at radius 1 is 1.24 bits per heavy atom. The van der Waals surface area contributed by atoms with E-state index in [0.29, 0.717) is 0 Å². The normalized spacial score (nSPS) is 10.6. The molecule has 4 nitrogen and oxygen atoms in total. The van der Waals surface area contributed by atoms with Crippen molar-refractivity contribution in [3.05, 3.63) is 64.6 Å². The molecule has 2 aromatic rings. The summed E-state index contributed by atoms with van der Waals surface area (Å²) in [6, 6.07) is 17.4. The zero-order valence-electron chi connectivity index (χ0n) is 11.7. The number of nitrogens with zero attached hydrogens (tertiary/aromatic N) is 2. The van der Waals surface area contributed by atoms with E-state index >= 15 is 0 Å². The van der Waals surface area contributed by atoms with E-state index in [9.17, 15) is 4.79 Å². The average molecular weight is 346 g/mol. The third kappa shape index (κ3) is 5.04. The number of likely N-dealkylation sites (N-methyl/N-ethyl adjacent to an activating group) is 1. The summed E-state index contributed by atoms with van der Waals surface area (Å²) >= 11 is 3.39. The lowest BCUT2D eigenvalue weighted by molar-refractivity contribution is -0.119. The van der Waals surface area contributed by atoms with Crippen LogP contribution in [0.15, 0.2) is 64.2 Å². The highest BCUT2D eigenvalue weighted by molar-refractivity contribution is 9.10. The molecule has 0 heterocycles. The van der Waals surface area contributed by atoms with Gasteiger partial charge in [0.15, 0.2) is 0 Å². The van der Waals surface area contributed by atoms with Crippen molar-refractivity contribution in [3.8, 4) is 0 Å². The van der Waals surface area contributed by atoms with Crippen LogP contribution in [0.2, 0.25) is 0 Å². The van der Waals surface area contributed by atoms with Gasteiger partial charge in [-0.15, -0.1) is 0 Å². The van der Waals surface area contributed by atoms with Crippen LogP contribution in [0.25, 0.3) is 0 Å². The van der Waals surface area contributed by atoms with Crippen LogP contribution in [0.1, 0.15) is 5.56 Å². The van der Waals surface area contributed by atoms with Crippen molar-refractivity contribution in [2.75, 3.05) is 18.5 Å². The fraction of sp³-hybridized carbons (Fsp3) is 0.125. The van der Waals surface area contributed by atoms with E-state index in [4.69, 9.17) is 0 Å². The van der Waals surface area contributed by atoms with Gasteiger partial charge in [-0.25, -0.2) is 5.43 Å². The molecule has 0 aliphatic heterocycles. The Hall–Kier alpha value is -2.14. The second-order valence-corrected chi connectivity index (χ2v) is 5.46. The summed E-state index contributed by atoms with van der Waals surface area (Å²) in [4.78, 5) is 13.7. The van der Waals surface area contributed by atoms with Crippen molar-refractivity contribution >= 4 is 33.7 Å². The Balaban J connectivity index is 1.85. The molecule has 0 fully saturated rings. The lowest BCUT2D eigenvalue weighted by Gasteiger charge is -2.17. The number of hydrogen-bond acceptors (Lipinski definition) is 3. The van der Waals surface area contributed by atoms with Gasteiger partial charge in [0.05, 0.1) is 12.8 Å². The Morgan fingerprint density at radius 3 is 2.71 bits per heavy atom. The minimum atomic E-state index is -0.160. The van der Waals surface area contributed by atoms with Crippen molar-refractivity contribution in [1.82, 2.24) is 5.43 Å². The van der Waals surface area contributed by atoms with Crippen LogP contribution in [0, 0.1) is 0 Å². The third-order valence-corrected chi connectivity index (χ3v) is 3.32. The fourth-order valence-electron chi connectivity index (χ4n) is 1.79. The molecule has 0 aliphatic carbocycles. The van der Waals surface area contributed by atoms with Gasteiger partial charge in [-0.1, -0.05) is 46.3 Å². The lowest BCUT2D eigenvalue weighted by Crippen LogP contribution is -2.32. The Labute approximate surface area is 132 Å². The second kappa shape index (κ2) is 7.59.